The molecule has 9 aromatic rings. The zero-order chi connectivity index (χ0) is 39.8. The minimum atomic E-state index is -0.201. The third kappa shape index (κ3) is 6.80. The van der Waals surface area contributed by atoms with Crippen molar-refractivity contribution in [1.29, 1.82) is 0 Å². The first-order chi connectivity index (χ1) is 28.0. The Bertz CT molecular complexity index is 3040. The predicted molar refractivity (Wildman–Crippen MR) is 237 cm³/mol. The number of pyridine rings is 1. The van der Waals surface area contributed by atoms with E-state index in [1.807, 2.05) is 36.5 Å². The van der Waals surface area contributed by atoms with Crippen molar-refractivity contribution < 1.29 is 30.2 Å². The van der Waals surface area contributed by atoms with Gasteiger partial charge in [0.05, 0.1) is 0 Å². The second-order valence-corrected chi connectivity index (χ2v) is 17.0. The number of anilines is 1. The predicted octanol–water partition coefficient (Wildman–Crippen LogP) is 13.3. The fourth-order valence-electron chi connectivity index (χ4n) is 8.09. The molecular formula is C52H43N4O2Pt-3. The fourth-order valence-corrected chi connectivity index (χ4v) is 8.09. The van der Waals surface area contributed by atoms with Gasteiger partial charge in [0.25, 0.3) is 0 Å². The zero-order valence-corrected chi connectivity index (χ0v) is 36.1. The van der Waals surface area contributed by atoms with E-state index in [2.05, 4.69) is 184 Å². The Kier molecular flexibility index (Phi) is 9.52. The monoisotopic (exact) mass is 950 g/mol. The number of furan rings is 1. The maximum absolute atomic E-state index is 6.68. The average molecular weight is 951 g/mol. The molecule has 0 radical (unpaired) electrons. The molecule has 0 saturated heterocycles. The van der Waals surface area contributed by atoms with Crippen LogP contribution >= 0.6 is 0 Å². The van der Waals surface area contributed by atoms with Crippen molar-refractivity contribution in [3.8, 4) is 17.3 Å². The van der Waals surface area contributed by atoms with Gasteiger partial charge in [-0.3, -0.25) is 0 Å². The van der Waals surface area contributed by atoms with E-state index < -0.39 is 0 Å². The van der Waals surface area contributed by atoms with Gasteiger partial charge in [-0.2, -0.15) is 18.8 Å². The molecule has 0 unspecified atom stereocenters. The van der Waals surface area contributed by atoms with Crippen LogP contribution < -0.4 is 9.64 Å². The van der Waals surface area contributed by atoms with Gasteiger partial charge in [-0.15, -0.1) is 41.4 Å². The number of aromatic nitrogens is 2. The van der Waals surface area contributed by atoms with Gasteiger partial charge >= 0.3 is 0 Å². The molecule has 6 aromatic carbocycles. The third-order valence-corrected chi connectivity index (χ3v) is 11.0. The van der Waals surface area contributed by atoms with Gasteiger partial charge in [0.2, 0.25) is 0 Å². The first-order valence-electron chi connectivity index (χ1n) is 19.8. The van der Waals surface area contributed by atoms with Crippen LogP contribution in [0.5, 0.6) is 11.5 Å². The van der Waals surface area contributed by atoms with Gasteiger partial charge in [-0.05, 0) is 78.6 Å². The molecule has 6 nitrogen and oxygen atoms in total. The molecule has 1 aliphatic heterocycles. The van der Waals surface area contributed by atoms with Crippen molar-refractivity contribution in [2.75, 3.05) is 4.90 Å². The summed E-state index contributed by atoms with van der Waals surface area (Å²) in [5.41, 5.74) is 9.88. The topological polar surface area (TPSA) is 46.7 Å². The van der Waals surface area contributed by atoms with Crippen molar-refractivity contribution in [3.05, 3.63) is 181 Å². The molecular weight excluding hydrogens is 908 g/mol. The van der Waals surface area contributed by atoms with E-state index in [0.717, 1.165) is 77.8 Å². The van der Waals surface area contributed by atoms with Crippen molar-refractivity contribution in [2.45, 2.75) is 52.5 Å². The molecule has 0 aliphatic carbocycles. The maximum atomic E-state index is 6.68. The SMILES string of the molecule is CC(C)(C)c1ccnc(-n2c3[c-]c(Oc4[c-]c(N5[CH-]N(C(C)(C)C)C(c6ccccc6)=C5c5ccccc5)ccc4)ccc3c3cc4oc5ccccc5c4cc32)c1.[Pt]. The third-order valence-electron chi connectivity index (χ3n) is 11.0. The molecule has 0 spiro atoms. The molecule has 0 bridgehead atoms. The molecule has 0 fully saturated rings. The maximum Gasteiger partial charge on any atom is 0.135 e. The summed E-state index contributed by atoms with van der Waals surface area (Å²) in [4.78, 5) is 9.52. The number of ether oxygens (including phenoxy) is 1. The van der Waals surface area contributed by atoms with Gasteiger partial charge in [0.1, 0.15) is 17.0 Å². The smallest absolute Gasteiger partial charge is 0.135 e. The summed E-state index contributed by atoms with van der Waals surface area (Å²) in [6.07, 6.45) is 1.90. The van der Waals surface area contributed by atoms with Crippen LogP contribution in [-0.2, 0) is 26.5 Å². The van der Waals surface area contributed by atoms with Crippen molar-refractivity contribution >= 4 is 60.8 Å². The summed E-state index contributed by atoms with van der Waals surface area (Å²) in [5.74, 6) is 1.99. The van der Waals surface area contributed by atoms with Crippen LogP contribution in [0.1, 0.15) is 58.2 Å². The van der Waals surface area contributed by atoms with Gasteiger partial charge < -0.3 is 23.5 Å². The van der Waals surface area contributed by atoms with E-state index in [-0.39, 0.29) is 32.0 Å². The number of fused-ring (bicyclic) bond motifs is 6. The first kappa shape index (κ1) is 38.4. The first-order valence-corrected chi connectivity index (χ1v) is 19.8. The van der Waals surface area contributed by atoms with E-state index in [4.69, 9.17) is 14.1 Å². The standard InChI is InChI=1S/C52H43N4O2.Pt/c1-51(2,3)36-26-27-53-48(28-36)56-44-30-39(24-25-40(44)42-32-47-43(31-45(42)56)41-22-13-14-23-46(41)58-47)57-38-21-15-20-37(29-38)54-33-55(52(4,5)6)50(35-18-11-8-12-19-35)49(54)34-16-9-7-10-17-34;/h7-28,31-33H,1-6H3;/q-3;. The molecule has 10 rings (SSSR count). The average Bonchev–Trinajstić information content (AvgIpc) is 3.90. The van der Waals surface area contributed by atoms with Crippen LogP contribution in [0.2, 0.25) is 0 Å². The van der Waals surface area contributed by atoms with E-state index >= 15 is 0 Å². The Morgan fingerprint density at radius 1 is 0.610 bits per heavy atom. The molecule has 0 saturated carbocycles. The molecule has 3 aromatic heterocycles. The summed E-state index contributed by atoms with van der Waals surface area (Å²) in [6.45, 7) is 15.6. The number of para-hydroxylation sites is 1. The molecule has 0 atom stereocenters. The number of hydrogen-bond donors (Lipinski definition) is 0. The summed E-state index contributed by atoms with van der Waals surface area (Å²) >= 11 is 0. The quantitative estimate of drug-likeness (QED) is 0.155. The van der Waals surface area contributed by atoms with Crippen LogP contribution in [0, 0.1) is 18.8 Å². The van der Waals surface area contributed by atoms with E-state index in [1.54, 1.807) is 0 Å². The summed E-state index contributed by atoms with van der Waals surface area (Å²) < 4.78 is 15.2. The number of hydrogen-bond acceptors (Lipinski definition) is 5. The second kappa shape index (κ2) is 14.6. The number of nitrogens with zero attached hydrogens (tertiary/aromatic N) is 4. The van der Waals surface area contributed by atoms with Crippen LogP contribution in [0.4, 0.5) is 5.69 Å². The summed E-state index contributed by atoms with van der Waals surface area (Å²) in [7, 11) is 0. The van der Waals surface area contributed by atoms with E-state index in [1.165, 1.54) is 5.56 Å². The van der Waals surface area contributed by atoms with Crippen molar-refractivity contribution in [3.63, 3.8) is 0 Å². The Labute approximate surface area is 359 Å². The van der Waals surface area contributed by atoms with Crippen LogP contribution in [-0.4, -0.2) is 20.0 Å². The van der Waals surface area contributed by atoms with Crippen LogP contribution in [0.15, 0.2) is 150 Å². The Morgan fingerprint density at radius 3 is 2.03 bits per heavy atom. The number of rotatable bonds is 6. The second-order valence-electron chi connectivity index (χ2n) is 17.0. The van der Waals surface area contributed by atoms with Gasteiger partial charge in [0, 0.05) is 72.0 Å². The van der Waals surface area contributed by atoms with Crippen LogP contribution in [0.3, 0.4) is 0 Å². The summed E-state index contributed by atoms with van der Waals surface area (Å²) in [6, 6.07) is 55.5. The largest absolute Gasteiger partial charge is 0.509 e. The van der Waals surface area contributed by atoms with Crippen LogP contribution in [0.25, 0.3) is 61.0 Å². The minimum absolute atomic E-state index is 0. The van der Waals surface area contributed by atoms with Crippen molar-refractivity contribution in [2.24, 2.45) is 0 Å². The minimum Gasteiger partial charge on any atom is -0.509 e. The van der Waals surface area contributed by atoms with Crippen molar-refractivity contribution in [1.82, 2.24) is 14.5 Å². The molecule has 1 aliphatic rings. The zero-order valence-electron chi connectivity index (χ0n) is 33.9. The molecule has 59 heavy (non-hydrogen) atoms. The normalized spacial score (nSPS) is 13.6. The molecule has 4 heterocycles. The van der Waals surface area contributed by atoms with Gasteiger partial charge in [-0.1, -0.05) is 105 Å². The molecule has 0 N–H and O–H groups in total. The molecule has 7 heteroatoms. The van der Waals surface area contributed by atoms with Gasteiger partial charge in [-0.25, -0.2) is 4.98 Å². The molecule has 0 amide bonds. The Balaban J connectivity index is 0.00000449. The number of benzene rings is 6. The van der Waals surface area contributed by atoms with E-state index in [9.17, 15) is 0 Å². The summed E-state index contributed by atoms with van der Waals surface area (Å²) in [5, 5.41) is 4.23. The Hall–Kier alpha value is -6.10. The van der Waals surface area contributed by atoms with E-state index in [0.29, 0.717) is 11.5 Å². The van der Waals surface area contributed by atoms with Gasteiger partial charge in [0.15, 0.2) is 0 Å². The fraction of sp³-hybridized carbons (Fsp3) is 0.154. The molecule has 296 valence electrons. The Morgan fingerprint density at radius 2 is 1.31 bits per heavy atom.